The van der Waals surface area contributed by atoms with Crippen molar-refractivity contribution in [2.24, 2.45) is 5.92 Å². The van der Waals surface area contributed by atoms with Gasteiger partial charge in [-0.2, -0.15) is 0 Å². The molecule has 1 fully saturated rings. The van der Waals surface area contributed by atoms with Crippen LogP contribution >= 0.6 is 15.9 Å². The molecule has 0 radical (unpaired) electrons. The maximum absolute atomic E-state index is 13.8. The zero-order valence-corrected chi connectivity index (χ0v) is 16.6. The van der Waals surface area contributed by atoms with Gasteiger partial charge in [0.15, 0.2) is 0 Å². The maximum atomic E-state index is 13.8. The third kappa shape index (κ3) is 3.54. The minimum Gasteiger partial charge on any atom is -0.506 e. The van der Waals surface area contributed by atoms with Crippen LogP contribution in [0.4, 0.5) is 10.1 Å². The van der Waals surface area contributed by atoms with Crippen LogP contribution in [-0.2, 0) is 6.54 Å². The van der Waals surface area contributed by atoms with E-state index in [-0.39, 0.29) is 22.5 Å². The van der Waals surface area contributed by atoms with Crippen molar-refractivity contribution in [3.8, 4) is 5.75 Å². The highest BCUT2D eigenvalue weighted by molar-refractivity contribution is 9.10. The lowest BCUT2D eigenvalue weighted by Crippen LogP contribution is -2.30. The number of anilines is 1. The Morgan fingerprint density at radius 3 is 2.75 bits per heavy atom. The normalized spacial score (nSPS) is 13.6. The van der Waals surface area contributed by atoms with E-state index < -0.39 is 11.4 Å². The Morgan fingerprint density at radius 2 is 2.04 bits per heavy atom. The van der Waals surface area contributed by atoms with Gasteiger partial charge >= 0.3 is 0 Å². The first kappa shape index (κ1) is 18.7. The van der Waals surface area contributed by atoms with Crippen LogP contribution in [0.3, 0.4) is 0 Å². The number of aromatic nitrogens is 1. The summed E-state index contributed by atoms with van der Waals surface area (Å²) in [7, 11) is 0. The van der Waals surface area contributed by atoms with E-state index in [0.29, 0.717) is 23.7 Å². The number of rotatable bonds is 5. The van der Waals surface area contributed by atoms with Crippen molar-refractivity contribution in [1.82, 2.24) is 4.57 Å². The second kappa shape index (κ2) is 7.39. The lowest BCUT2D eigenvalue weighted by atomic mass is 10.1. The molecule has 0 amide bonds. The Labute approximate surface area is 169 Å². The van der Waals surface area contributed by atoms with Crippen LogP contribution < -0.4 is 10.9 Å². The smallest absolute Gasteiger partial charge is 0.265 e. The average molecular weight is 444 g/mol. The number of para-hydroxylation sites is 1. The number of hydrogen-bond acceptors (Lipinski definition) is 3. The number of hydrogen-bond donors (Lipinski definition) is 3. The Bertz CT molecular complexity index is 1140. The van der Waals surface area contributed by atoms with Crippen molar-refractivity contribution >= 4 is 38.4 Å². The summed E-state index contributed by atoms with van der Waals surface area (Å²) in [6.45, 7) is 0.473. The molecule has 0 aliphatic heterocycles. The van der Waals surface area contributed by atoms with E-state index in [1.807, 2.05) is 6.07 Å². The highest BCUT2D eigenvalue weighted by Crippen LogP contribution is 2.34. The highest BCUT2D eigenvalue weighted by atomic mass is 79.9. The fraction of sp³-hybridized carbons (Fsp3) is 0.238. The first-order valence-electron chi connectivity index (χ1n) is 9.11. The number of amidine groups is 1. The highest BCUT2D eigenvalue weighted by Gasteiger charge is 2.24. The molecule has 0 spiro atoms. The van der Waals surface area contributed by atoms with Crippen LogP contribution in [0.15, 0.2) is 51.7 Å². The molecular weight excluding hydrogens is 425 g/mol. The van der Waals surface area contributed by atoms with Crippen molar-refractivity contribution < 1.29 is 9.50 Å². The molecule has 0 unspecified atom stereocenters. The number of benzene rings is 2. The van der Waals surface area contributed by atoms with Crippen LogP contribution in [0, 0.1) is 17.1 Å². The summed E-state index contributed by atoms with van der Waals surface area (Å²) < 4.78 is 16.1. The van der Waals surface area contributed by atoms with Crippen molar-refractivity contribution in [2.45, 2.75) is 25.8 Å². The third-order valence-electron chi connectivity index (χ3n) is 5.04. The first-order valence-corrected chi connectivity index (χ1v) is 9.90. The molecule has 0 saturated heterocycles. The summed E-state index contributed by atoms with van der Waals surface area (Å²) in [6, 6.07) is 11.2. The van der Waals surface area contributed by atoms with Gasteiger partial charge in [0.25, 0.3) is 5.56 Å². The molecule has 1 aromatic heterocycles. The number of halogens is 2. The lowest BCUT2D eigenvalue weighted by Gasteiger charge is -2.16. The molecule has 1 aliphatic carbocycles. The Balaban J connectivity index is 1.83. The number of nitrogens with zero attached hydrogens (tertiary/aromatic N) is 1. The number of aromatic hydroxyl groups is 1. The molecule has 1 heterocycles. The van der Waals surface area contributed by atoms with Gasteiger partial charge in [-0.1, -0.05) is 25.0 Å². The van der Waals surface area contributed by atoms with E-state index in [0.717, 1.165) is 23.7 Å². The Hall–Kier alpha value is -2.67. The van der Waals surface area contributed by atoms with Gasteiger partial charge in [0.05, 0.1) is 11.2 Å². The number of pyridine rings is 1. The van der Waals surface area contributed by atoms with Gasteiger partial charge in [-0.15, -0.1) is 0 Å². The van der Waals surface area contributed by atoms with Crippen LogP contribution in [0.5, 0.6) is 5.75 Å². The topological polar surface area (TPSA) is 78.1 Å². The largest absolute Gasteiger partial charge is 0.506 e. The van der Waals surface area contributed by atoms with E-state index in [4.69, 9.17) is 5.41 Å². The van der Waals surface area contributed by atoms with Crippen LogP contribution in [0.25, 0.3) is 10.9 Å². The van der Waals surface area contributed by atoms with E-state index in [2.05, 4.69) is 21.2 Å². The van der Waals surface area contributed by atoms with Gasteiger partial charge in [-0.05, 0) is 58.6 Å². The zero-order valence-electron chi connectivity index (χ0n) is 15.0. The molecule has 5 nitrogen and oxygen atoms in total. The predicted molar refractivity (Wildman–Crippen MR) is 112 cm³/mol. The van der Waals surface area contributed by atoms with Gasteiger partial charge < -0.3 is 15.0 Å². The van der Waals surface area contributed by atoms with E-state index in [1.165, 1.54) is 18.2 Å². The molecule has 3 N–H and O–H groups in total. The van der Waals surface area contributed by atoms with Gasteiger partial charge in [-0.25, -0.2) is 4.39 Å². The monoisotopic (exact) mass is 443 g/mol. The molecule has 0 atom stereocenters. The molecule has 1 saturated carbocycles. The Kier molecular flexibility index (Phi) is 4.93. The number of aryl methyl sites for hydroxylation is 1. The molecule has 4 rings (SSSR count). The molecule has 28 heavy (non-hydrogen) atoms. The minimum atomic E-state index is -0.508. The van der Waals surface area contributed by atoms with Gasteiger partial charge in [0.2, 0.25) is 0 Å². The second-order valence-electron chi connectivity index (χ2n) is 7.05. The quantitative estimate of drug-likeness (QED) is 0.389. The van der Waals surface area contributed by atoms with Crippen molar-refractivity contribution in [3.05, 3.63) is 68.7 Å². The maximum Gasteiger partial charge on any atom is 0.265 e. The van der Waals surface area contributed by atoms with Gasteiger partial charge in [0.1, 0.15) is 23.0 Å². The minimum absolute atomic E-state index is 0.162. The van der Waals surface area contributed by atoms with Crippen LogP contribution in [0.2, 0.25) is 0 Å². The summed E-state index contributed by atoms with van der Waals surface area (Å²) in [4.78, 5) is 13.2. The average Bonchev–Trinajstić information content (AvgIpc) is 3.48. The second-order valence-corrected chi connectivity index (χ2v) is 7.91. The SMILES string of the molecule is N=C(Nc1ccccc1Br)c1c(O)c2cc(F)ccc2n(CCC2CC2)c1=O. The van der Waals surface area contributed by atoms with Crippen LogP contribution in [-0.4, -0.2) is 15.5 Å². The first-order chi connectivity index (χ1) is 13.5. The summed E-state index contributed by atoms with van der Waals surface area (Å²) in [6.07, 6.45) is 3.17. The summed E-state index contributed by atoms with van der Waals surface area (Å²) >= 11 is 3.39. The molecule has 1 aliphatic rings. The number of nitrogens with one attached hydrogen (secondary N) is 2. The van der Waals surface area contributed by atoms with Crippen molar-refractivity contribution in [2.75, 3.05) is 5.32 Å². The van der Waals surface area contributed by atoms with E-state index in [9.17, 15) is 14.3 Å². The van der Waals surface area contributed by atoms with Crippen molar-refractivity contribution in [1.29, 1.82) is 5.41 Å². The van der Waals surface area contributed by atoms with Crippen LogP contribution in [0.1, 0.15) is 24.8 Å². The van der Waals surface area contributed by atoms with E-state index in [1.54, 1.807) is 22.8 Å². The summed E-state index contributed by atoms with van der Waals surface area (Å²) in [5, 5.41) is 22.2. The lowest BCUT2D eigenvalue weighted by molar-refractivity contribution is 0.476. The Morgan fingerprint density at radius 1 is 1.29 bits per heavy atom. The summed E-state index contributed by atoms with van der Waals surface area (Å²) in [5.74, 6) is -0.517. The van der Waals surface area contributed by atoms with Gasteiger partial charge in [0, 0.05) is 16.4 Å². The standard InChI is InChI=1S/C21H19BrFN3O2/c22-15-3-1-2-4-16(15)25-20(24)18-19(27)14-11-13(23)7-8-17(14)26(21(18)28)10-9-12-5-6-12/h1-4,7-8,11-12,27H,5-6,9-10H2,(H2,24,25). The van der Waals surface area contributed by atoms with Gasteiger partial charge in [-0.3, -0.25) is 10.2 Å². The van der Waals surface area contributed by atoms with E-state index >= 15 is 0 Å². The fourth-order valence-corrected chi connectivity index (χ4v) is 3.72. The molecular formula is C21H19BrFN3O2. The van der Waals surface area contributed by atoms with Crippen molar-refractivity contribution in [3.63, 3.8) is 0 Å². The molecule has 7 heteroatoms. The number of fused-ring (bicyclic) bond motifs is 1. The molecule has 2 aromatic carbocycles. The molecule has 3 aromatic rings. The fourth-order valence-electron chi connectivity index (χ4n) is 3.34. The molecule has 0 bridgehead atoms. The predicted octanol–water partition coefficient (Wildman–Crippen LogP) is 4.85. The zero-order chi connectivity index (χ0) is 19.8. The summed E-state index contributed by atoms with van der Waals surface area (Å²) in [5.41, 5.74) is 0.448. The third-order valence-corrected chi connectivity index (χ3v) is 5.73. The molecule has 144 valence electrons.